The van der Waals surface area contributed by atoms with Crippen molar-refractivity contribution in [3.63, 3.8) is 0 Å². The minimum atomic E-state index is 0.387. The number of rotatable bonds is 9. The molecule has 0 amide bonds. The van der Waals surface area contributed by atoms with Gasteiger partial charge in [-0.25, -0.2) is 0 Å². The Morgan fingerprint density at radius 2 is 2.13 bits per heavy atom. The second-order valence-corrected chi connectivity index (χ2v) is 4.26. The Kier molecular flexibility index (Phi) is 5.88. The van der Waals surface area contributed by atoms with Gasteiger partial charge in [0.2, 0.25) is 0 Å². The summed E-state index contributed by atoms with van der Waals surface area (Å²) in [6.07, 6.45) is 5.08. The van der Waals surface area contributed by atoms with E-state index in [0.29, 0.717) is 12.2 Å². The molecule has 0 aromatic carbocycles. The van der Waals surface area contributed by atoms with E-state index in [1.165, 1.54) is 12.8 Å². The van der Waals surface area contributed by atoms with Crippen molar-refractivity contribution in [1.29, 1.82) is 0 Å². The van der Waals surface area contributed by atoms with Crippen LogP contribution in [-0.4, -0.2) is 43.5 Å². The average Bonchev–Trinajstić information content (AvgIpc) is 3.06. The first-order chi connectivity index (χ1) is 7.27. The molecule has 0 unspecified atom stereocenters. The van der Waals surface area contributed by atoms with Gasteiger partial charge in [0.05, 0.1) is 6.61 Å². The molecular weight excluding hydrogens is 190 g/mol. The molecule has 0 bridgehead atoms. The highest BCUT2D eigenvalue weighted by molar-refractivity contribution is 5.77. The number of ketones is 1. The van der Waals surface area contributed by atoms with Crippen LogP contribution in [0.25, 0.3) is 0 Å². The summed E-state index contributed by atoms with van der Waals surface area (Å²) in [5, 5.41) is 0. The first-order valence-electron chi connectivity index (χ1n) is 6.02. The van der Waals surface area contributed by atoms with Crippen molar-refractivity contribution in [3.8, 4) is 0 Å². The van der Waals surface area contributed by atoms with E-state index in [-0.39, 0.29) is 0 Å². The fraction of sp³-hybridized carbons (Fsp3) is 0.917. The average molecular weight is 213 g/mol. The number of methoxy groups -OCH3 is 1. The second kappa shape index (κ2) is 6.96. The number of carbonyl (C=O) groups is 1. The van der Waals surface area contributed by atoms with E-state index in [1.54, 1.807) is 7.11 Å². The number of hydrogen-bond donors (Lipinski definition) is 0. The zero-order valence-corrected chi connectivity index (χ0v) is 10.00. The van der Waals surface area contributed by atoms with Crippen molar-refractivity contribution >= 4 is 5.78 Å². The second-order valence-electron chi connectivity index (χ2n) is 4.26. The standard InChI is InChI=1S/C12H23NO2/c1-3-12(14)5-4-8-13(9-10-15-2)11-6-7-11/h11H,3-10H2,1-2H3. The lowest BCUT2D eigenvalue weighted by Crippen LogP contribution is -2.30. The monoisotopic (exact) mass is 213 g/mol. The molecule has 3 heteroatoms. The summed E-state index contributed by atoms with van der Waals surface area (Å²) in [4.78, 5) is 13.6. The van der Waals surface area contributed by atoms with Crippen LogP contribution in [-0.2, 0) is 9.53 Å². The van der Waals surface area contributed by atoms with Crippen LogP contribution in [0.4, 0.5) is 0 Å². The van der Waals surface area contributed by atoms with Crippen LogP contribution in [0.15, 0.2) is 0 Å². The predicted molar refractivity (Wildman–Crippen MR) is 61.0 cm³/mol. The van der Waals surface area contributed by atoms with Crippen LogP contribution in [0, 0.1) is 0 Å². The van der Waals surface area contributed by atoms with Crippen LogP contribution in [0.2, 0.25) is 0 Å². The molecule has 0 atom stereocenters. The molecule has 0 aromatic rings. The molecule has 0 radical (unpaired) electrons. The normalized spacial score (nSPS) is 15.9. The van der Waals surface area contributed by atoms with Crippen molar-refractivity contribution in [2.75, 3.05) is 26.8 Å². The van der Waals surface area contributed by atoms with Crippen molar-refractivity contribution < 1.29 is 9.53 Å². The Bertz CT molecular complexity index is 190. The molecule has 0 saturated heterocycles. The van der Waals surface area contributed by atoms with Gasteiger partial charge in [-0.1, -0.05) is 6.92 Å². The fourth-order valence-corrected chi connectivity index (χ4v) is 1.78. The third-order valence-corrected chi connectivity index (χ3v) is 2.94. The Morgan fingerprint density at radius 1 is 1.40 bits per heavy atom. The van der Waals surface area contributed by atoms with Gasteiger partial charge in [0.1, 0.15) is 5.78 Å². The van der Waals surface area contributed by atoms with Crippen LogP contribution in [0.5, 0.6) is 0 Å². The molecule has 15 heavy (non-hydrogen) atoms. The zero-order chi connectivity index (χ0) is 11.1. The van der Waals surface area contributed by atoms with Gasteiger partial charge < -0.3 is 4.74 Å². The van der Waals surface area contributed by atoms with E-state index in [9.17, 15) is 4.79 Å². The van der Waals surface area contributed by atoms with E-state index < -0.39 is 0 Å². The van der Waals surface area contributed by atoms with Gasteiger partial charge in [-0.15, -0.1) is 0 Å². The Hall–Kier alpha value is -0.410. The molecule has 1 aliphatic carbocycles. The quantitative estimate of drug-likeness (QED) is 0.585. The minimum absolute atomic E-state index is 0.387. The molecule has 0 heterocycles. The maximum absolute atomic E-state index is 11.1. The first-order valence-corrected chi connectivity index (χ1v) is 6.02. The number of ether oxygens (including phenoxy) is 1. The summed E-state index contributed by atoms with van der Waals surface area (Å²) >= 11 is 0. The third kappa shape index (κ3) is 5.28. The van der Waals surface area contributed by atoms with E-state index in [0.717, 1.165) is 38.6 Å². The lowest BCUT2D eigenvalue weighted by Gasteiger charge is -2.21. The Morgan fingerprint density at radius 3 is 2.67 bits per heavy atom. The molecule has 0 aliphatic heterocycles. The SMILES string of the molecule is CCC(=O)CCCN(CCOC)C1CC1. The van der Waals surface area contributed by atoms with Gasteiger partial charge >= 0.3 is 0 Å². The van der Waals surface area contributed by atoms with E-state index in [2.05, 4.69) is 4.90 Å². The molecule has 0 N–H and O–H groups in total. The molecule has 0 aromatic heterocycles. The van der Waals surface area contributed by atoms with Gasteiger partial charge in [-0.3, -0.25) is 9.69 Å². The van der Waals surface area contributed by atoms with Crippen molar-refractivity contribution in [2.24, 2.45) is 0 Å². The number of nitrogens with zero attached hydrogens (tertiary/aromatic N) is 1. The number of Topliss-reactive ketones (excluding diaryl/α,β-unsaturated/α-hetero) is 1. The van der Waals surface area contributed by atoms with Crippen LogP contribution in [0.1, 0.15) is 39.0 Å². The van der Waals surface area contributed by atoms with Crippen molar-refractivity contribution in [3.05, 3.63) is 0 Å². The summed E-state index contributed by atoms with van der Waals surface area (Å²) in [6, 6.07) is 0.775. The minimum Gasteiger partial charge on any atom is -0.383 e. The fourth-order valence-electron chi connectivity index (χ4n) is 1.78. The third-order valence-electron chi connectivity index (χ3n) is 2.94. The molecular formula is C12H23NO2. The van der Waals surface area contributed by atoms with Gasteiger partial charge in [0.25, 0.3) is 0 Å². The molecule has 1 saturated carbocycles. The summed E-state index contributed by atoms with van der Waals surface area (Å²) in [5.41, 5.74) is 0. The van der Waals surface area contributed by atoms with Gasteiger partial charge in [-0.05, 0) is 25.8 Å². The van der Waals surface area contributed by atoms with Gasteiger partial charge in [0.15, 0.2) is 0 Å². The van der Waals surface area contributed by atoms with E-state index >= 15 is 0 Å². The molecule has 1 fully saturated rings. The highest BCUT2D eigenvalue weighted by Gasteiger charge is 2.27. The summed E-state index contributed by atoms with van der Waals surface area (Å²) in [7, 11) is 1.74. The smallest absolute Gasteiger partial charge is 0.132 e. The summed E-state index contributed by atoms with van der Waals surface area (Å²) < 4.78 is 5.09. The number of carbonyl (C=O) groups excluding carboxylic acids is 1. The lowest BCUT2D eigenvalue weighted by molar-refractivity contribution is -0.118. The Balaban J connectivity index is 2.11. The first kappa shape index (κ1) is 12.7. The lowest BCUT2D eigenvalue weighted by atomic mass is 10.2. The largest absolute Gasteiger partial charge is 0.383 e. The highest BCUT2D eigenvalue weighted by atomic mass is 16.5. The highest BCUT2D eigenvalue weighted by Crippen LogP contribution is 2.26. The zero-order valence-electron chi connectivity index (χ0n) is 10.00. The van der Waals surface area contributed by atoms with Gasteiger partial charge in [0, 0.05) is 32.5 Å². The molecule has 0 spiro atoms. The summed E-state index contributed by atoms with van der Waals surface area (Å²) in [6.45, 7) is 4.81. The van der Waals surface area contributed by atoms with Crippen molar-refractivity contribution in [1.82, 2.24) is 4.90 Å². The maximum Gasteiger partial charge on any atom is 0.132 e. The van der Waals surface area contributed by atoms with Crippen LogP contribution in [0.3, 0.4) is 0 Å². The van der Waals surface area contributed by atoms with Crippen molar-refractivity contribution in [2.45, 2.75) is 45.1 Å². The van der Waals surface area contributed by atoms with Crippen LogP contribution >= 0.6 is 0 Å². The predicted octanol–water partition coefficient (Wildman–Crippen LogP) is 1.86. The molecule has 88 valence electrons. The number of hydrogen-bond acceptors (Lipinski definition) is 3. The topological polar surface area (TPSA) is 29.5 Å². The van der Waals surface area contributed by atoms with E-state index in [4.69, 9.17) is 4.74 Å². The summed E-state index contributed by atoms with van der Waals surface area (Å²) in [5.74, 6) is 0.387. The molecule has 1 rings (SSSR count). The maximum atomic E-state index is 11.1. The Labute approximate surface area is 92.8 Å². The van der Waals surface area contributed by atoms with Crippen LogP contribution < -0.4 is 0 Å². The van der Waals surface area contributed by atoms with E-state index in [1.807, 2.05) is 6.92 Å². The molecule has 1 aliphatic rings. The van der Waals surface area contributed by atoms with Gasteiger partial charge in [-0.2, -0.15) is 0 Å². The molecule has 3 nitrogen and oxygen atoms in total.